The van der Waals surface area contributed by atoms with Crippen molar-refractivity contribution in [3.8, 4) is 0 Å². The predicted octanol–water partition coefficient (Wildman–Crippen LogP) is -1.56. The molecule has 0 aromatic rings. The van der Waals surface area contributed by atoms with E-state index in [2.05, 4.69) is 0 Å². The van der Waals surface area contributed by atoms with Crippen molar-refractivity contribution in [2.45, 2.75) is 0 Å². The summed E-state index contributed by atoms with van der Waals surface area (Å²) in [5, 5.41) is 0. The zero-order valence-corrected chi connectivity index (χ0v) is 6.05. The third-order valence-electron chi connectivity index (χ3n) is 0. The minimum absolute atomic E-state index is 0. The maximum Gasteiger partial charge on any atom is 2.00 e. The van der Waals surface area contributed by atoms with E-state index in [0.29, 0.717) is 0 Å². The molecule has 0 rings (SSSR count). The second kappa shape index (κ2) is 65.5. The van der Waals surface area contributed by atoms with Gasteiger partial charge < -0.3 is 16.4 Å². The maximum atomic E-state index is 0. The summed E-state index contributed by atoms with van der Waals surface area (Å²) >= 11 is 0. The quantitative estimate of drug-likeness (QED) is 0.470. The van der Waals surface area contributed by atoms with Crippen molar-refractivity contribution in [1.82, 2.24) is 0 Å². The zero-order valence-electron chi connectivity index (χ0n) is 2.21. The summed E-state index contributed by atoms with van der Waals surface area (Å²) in [4.78, 5) is 0. The summed E-state index contributed by atoms with van der Waals surface area (Å²) in [6.07, 6.45) is 0. The summed E-state index contributed by atoms with van der Waals surface area (Å²) in [5.74, 6) is 0. The summed E-state index contributed by atoms with van der Waals surface area (Å²) in [5.41, 5.74) is 0. The van der Waals surface area contributed by atoms with Crippen LogP contribution in [-0.4, -0.2) is 40.3 Å². The molecule has 36 valence electrons. The van der Waals surface area contributed by atoms with Crippen LogP contribution in [0.1, 0.15) is 0 Å². The molecule has 0 saturated carbocycles. The molecule has 0 heterocycles. The number of rotatable bonds is 0. The Bertz CT molecular complexity index is 6.85. The van der Waals surface area contributed by atoms with Gasteiger partial charge in [0.1, 0.15) is 0 Å². The fourth-order valence-corrected chi connectivity index (χ4v) is 0. The maximum absolute atomic E-state index is 0. The van der Waals surface area contributed by atoms with Gasteiger partial charge in [-0.2, -0.15) is 0 Å². The number of hydrogen-bond donors (Lipinski definition) is 0. The van der Waals surface area contributed by atoms with Gasteiger partial charge in [0.2, 0.25) is 0 Å². The van der Waals surface area contributed by atoms with Crippen LogP contribution in [0.2, 0.25) is 0 Å². The average molecular weight is 229 g/mol. The molecule has 0 aromatic carbocycles. The molecule has 4 radical (unpaired) electrons. The summed E-state index contributed by atoms with van der Waals surface area (Å²) in [7, 11) is 0. The van der Waals surface area contributed by atoms with Crippen molar-refractivity contribution in [1.29, 1.82) is 0 Å². The van der Waals surface area contributed by atoms with Crippen molar-refractivity contribution in [3.63, 3.8) is 0 Å². The fraction of sp³-hybridized carbons (Fsp3) is 0. The molecule has 5 heavy (non-hydrogen) atoms. The molecule has 0 fully saturated rings. The van der Waals surface area contributed by atoms with E-state index in [4.69, 9.17) is 0 Å². The smallest absolute Gasteiger partial charge is 0.870 e. The van der Waals surface area contributed by atoms with E-state index in [9.17, 15) is 0 Å². The first-order valence-electron chi connectivity index (χ1n) is 0. The van der Waals surface area contributed by atoms with Gasteiger partial charge in [0.05, 0.1) is 0 Å². The van der Waals surface area contributed by atoms with Crippen LogP contribution < -0.4 is 0 Å². The van der Waals surface area contributed by atoms with Crippen LogP contribution in [0.25, 0.3) is 0 Å². The predicted molar refractivity (Wildman–Crippen MR) is 13.2 cm³/mol. The van der Waals surface area contributed by atoms with Crippen molar-refractivity contribution < 1.29 is 32.9 Å². The molecule has 5 heteroatoms. The Labute approximate surface area is 56.9 Å². The van der Waals surface area contributed by atoms with Gasteiger partial charge in [0, 0.05) is 23.9 Å². The summed E-state index contributed by atoms with van der Waals surface area (Å²) in [6.45, 7) is 0. The Morgan fingerprint density at radius 1 is 0.800 bits per heavy atom. The summed E-state index contributed by atoms with van der Waals surface area (Å²) in [6, 6.07) is 0. The van der Waals surface area contributed by atoms with E-state index in [1.54, 1.807) is 0 Å². The van der Waals surface area contributed by atoms with Crippen molar-refractivity contribution in [2.75, 3.05) is 0 Å². The van der Waals surface area contributed by atoms with Gasteiger partial charge >= 0.3 is 16.5 Å². The van der Waals surface area contributed by atoms with Crippen LogP contribution >= 0.6 is 0 Å². The van der Waals surface area contributed by atoms with Gasteiger partial charge in [0.15, 0.2) is 0 Å². The topological polar surface area (TPSA) is 91.5 Å². The minimum atomic E-state index is 0. The third-order valence-corrected chi connectivity index (χ3v) is 0. The van der Waals surface area contributed by atoms with E-state index in [0.717, 1.165) is 0 Å². The van der Waals surface area contributed by atoms with Gasteiger partial charge in [-0.05, 0) is 0 Å². The van der Waals surface area contributed by atoms with Crippen LogP contribution in [-0.2, 0) is 16.5 Å². The van der Waals surface area contributed by atoms with Crippen LogP contribution in [0.5, 0.6) is 0 Å². The zero-order chi connectivity index (χ0) is 0. The molecule has 0 unspecified atom stereocenters. The first-order valence-corrected chi connectivity index (χ1v) is 0. The Hall–Kier alpha value is 1.17. The Kier molecular flexibility index (Phi) is 1570. The molecule has 0 saturated heterocycles. The Balaban J connectivity index is 0. The van der Waals surface area contributed by atoms with E-state index in [1.807, 2.05) is 0 Å². The molecule has 0 bridgehead atoms. The molecule has 0 aromatic heterocycles. The van der Waals surface area contributed by atoms with Gasteiger partial charge in [-0.3, -0.25) is 0 Å². The first-order chi connectivity index (χ1) is 0. The van der Waals surface area contributed by atoms with Crippen molar-refractivity contribution >= 4 is 23.9 Å². The molecule has 0 aliphatic heterocycles. The van der Waals surface area contributed by atoms with Crippen molar-refractivity contribution in [3.05, 3.63) is 0 Å². The Morgan fingerprint density at radius 2 is 0.800 bits per heavy atom. The molecule has 0 amide bonds. The standard InChI is InChI=1S/Ni.3H2O.Sn/h;3*1H2;/q+2;;;;/p-2. The molecule has 3 nitrogen and oxygen atoms in total. The van der Waals surface area contributed by atoms with Crippen LogP contribution in [0.4, 0.5) is 0 Å². The monoisotopic (exact) mass is 230 g/mol. The van der Waals surface area contributed by atoms with Crippen LogP contribution in [0.3, 0.4) is 0 Å². The van der Waals surface area contributed by atoms with Gasteiger partial charge in [-0.1, -0.05) is 0 Å². The second-order valence-electron chi connectivity index (χ2n) is 0. The molecular formula is H4NiO3Sn. The SMILES string of the molecule is O.[Ni+2].[OH-].[OH-].[Sn]. The second-order valence-corrected chi connectivity index (χ2v) is 0. The molecule has 0 aliphatic rings. The normalized spacial score (nSPS) is 0. The van der Waals surface area contributed by atoms with Crippen molar-refractivity contribution in [2.24, 2.45) is 0 Å². The first kappa shape index (κ1) is 120. The molecule has 0 aliphatic carbocycles. The largest absolute Gasteiger partial charge is 2.00 e. The average Bonchev–Trinajstić information content (AvgIpc) is 0. The van der Waals surface area contributed by atoms with Crippen LogP contribution in [0.15, 0.2) is 0 Å². The van der Waals surface area contributed by atoms with E-state index < -0.39 is 0 Å². The summed E-state index contributed by atoms with van der Waals surface area (Å²) < 4.78 is 0. The Morgan fingerprint density at radius 3 is 0.800 bits per heavy atom. The van der Waals surface area contributed by atoms with E-state index in [1.165, 1.54) is 0 Å². The van der Waals surface area contributed by atoms with Gasteiger partial charge in [0.25, 0.3) is 0 Å². The molecule has 4 N–H and O–H groups in total. The fourth-order valence-electron chi connectivity index (χ4n) is 0. The van der Waals surface area contributed by atoms with Gasteiger partial charge in [-0.15, -0.1) is 0 Å². The van der Waals surface area contributed by atoms with E-state index >= 15 is 0 Å². The molecule has 0 spiro atoms. The number of hydrogen-bond acceptors (Lipinski definition) is 2. The van der Waals surface area contributed by atoms with Gasteiger partial charge in [-0.25, -0.2) is 0 Å². The minimum Gasteiger partial charge on any atom is -0.870 e. The third kappa shape index (κ3) is 37.9. The van der Waals surface area contributed by atoms with Crippen LogP contribution in [0, 0.1) is 0 Å². The molecular weight excluding hydrogens is 225 g/mol. The molecule has 0 atom stereocenters. The van der Waals surface area contributed by atoms with E-state index in [-0.39, 0.29) is 56.8 Å².